The van der Waals surface area contributed by atoms with Crippen molar-refractivity contribution < 1.29 is 9.21 Å². The second kappa shape index (κ2) is 7.97. The van der Waals surface area contributed by atoms with Crippen LogP contribution in [-0.2, 0) is 17.8 Å². The van der Waals surface area contributed by atoms with Crippen LogP contribution in [0.5, 0.6) is 0 Å². The van der Waals surface area contributed by atoms with Gasteiger partial charge in [-0.2, -0.15) is 0 Å². The molecule has 0 unspecified atom stereocenters. The normalized spacial score (nSPS) is 13.5. The van der Waals surface area contributed by atoms with Crippen LogP contribution < -0.4 is 0 Å². The molecule has 27 heavy (non-hydrogen) atoms. The minimum absolute atomic E-state index is 0.152. The third-order valence-electron chi connectivity index (χ3n) is 4.75. The summed E-state index contributed by atoms with van der Waals surface area (Å²) in [4.78, 5) is 19.1. The van der Waals surface area contributed by atoms with Gasteiger partial charge in [0.2, 0.25) is 5.91 Å². The highest BCUT2D eigenvalue weighted by molar-refractivity contribution is 6.33. The summed E-state index contributed by atoms with van der Waals surface area (Å²) in [7, 11) is 0. The van der Waals surface area contributed by atoms with E-state index in [0.29, 0.717) is 42.1 Å². The molecule has 0 saturated heterocycles. The minimum atomic E-state index is 0.152. The lowest BCUT2D eigenvalue weighted by Crippen LogP contribution is -2.32. The Morgan fingerprint density at radius 3 is 2.59 bits per heavy atom. The zero-order valence-corrected chi connectivity index (χ0v) is 15.7. The number of carbonyl (C=O) groups excluding carboxylic acids is 1. The van der Waals surface area contributed by atoms with Crippen molar-refractivity contribution in [2.45, 2.75) is 38.3 Å². The Bertz CT molecular complexity index is 919. The molecule has 1 fully saturated rings. The molecule has 0 spiro atoms. The number of benzene rings is 2. The highest BCUT2D eigenvalue weighted by Crippen LogP contribution is 2.30. The molecular formula is C22H21ClN2O2. The van der Waals surface area contributed by atoms with E-state index in [1.54, 1.807) is 6.20 Å². The Kier molecular flexibility index (Phi) is 5.26. The van der Waals surface area contributed by atoms with E-state index in [-0.39, 0.29) is 5.91 Å². The van der Waals surface area contributed by atoms with Crippen molar-refractivity contribution >= 4 is 17.5 Å². The maximum atomic E-state index is 12.8. The number of aromatic nitrogens is 1. The molecule has 1 aliphatic rings. The maximum absolute atomic E-state index is 12.8. The number of halogens is 1. The molecule has 1 saturated carbocycles. The summed E-state index contributed by atoms with van der Waals surface area (Å²) in [5, 5.41) is 0.624. The predicted molar refractivity (Wildman–Crippen MR) is 105 cm³/mol. The predicted octanol–water partition coefficient (Wildman–Crippen LogP) is 5.12. The van der Waals surface area contributed by atoms with Gasteiger partial charge in [-0.05, 0) is 30.5 Å². The minimum Gasteiger partial charge on any atom is -0.441 e. The van der Waals surface area contributed by atoms with Gasteiger partial charge in [0.25, 0.3) is 0 Å². The monoisotopic (exact) mass is 380 g/mol. The van der Waals surface area contributed by atoms with E-state index in [9.17, 15) is 4.79 Å². The summed E-state index contributed by atoms with van der Waals surface area (Å²) < 4.78 is 5.81. The zero-order valence-electron chi connectivity index (χ0n) is 15.0. The van der Waals surface area contributed by atoms with Gasteiger partial charge in [-0.3, -0.25) is 4.79 Å². The van der Waals surface area contributed by atoms with Crippen LogP contribution in [0, 0.1) is 0 Å². The van der Waals surface area contributed by atoms with E-state index in [4.69, 9.17) is 16.0 Å². The standard InChI is InChI=1S/C22H21ClN2O2/c23-19-9-5-4-8-18(19)20-14-24-21(27-20)12-13-22(26)25(17-10-11-17)15-16-6-2-1-3-7-16/h1-9,14,17H,10-13,15H2. The molecular weight excluding hydrogens is 360 g/mol. The molecule has 5 heteroatoms. The summed E-state index contributed by atoms with van der Waals surface area (Å²) in [6, 6.07) is 18.0. The van der Waals surface area contributed by atoms with Gasteiger partial charge in [-0.1, -0.05) is 54.1 Å². The van der Waals surface area contributed by atoms with Crippen LogP contribution in [0.15, 0.2) is 65.2 Å². The first-order valence-electron chi connectivity index (χ1n) is 9.24. The number of nitrogens with zero attached hydrogens (tertiary/aromatic N) is 2. The van der Waals surface area contributed by atoms with Gasteiger partial charge in [-0.15, -0.1) is 0 Å². The summed E-state index contributed by atoms with van der Waals surface area (Å²) in [5.41, 5.74) is 1.97. The topological polar surface area (TPSA) is 46.3 Å². The molecule has 0 aliphatic heterocycles. The zero-order chi connectivity index (χ0) is 18.6. The van der Waals surface area contributed by atoms with E-state index in [0.717, 1.165) is 24.0 Å². The molecule has 1 aliphatic carbocycles. The third-order valence-corrected chi connectivity index (χ3v) is 5.08. The summed E-state index contributed by atoms with van der Waals surface area (Å²) in [6.07, 6.45) is 4.74. The quantitative estimate of drug-likeness (QED) is 0.571. The summed E-state index contributed by atoms with van der Waals surface area (Å²) in [6.45, 7) is 0.667. The first kappa shape index (κ1) is 17.8. The van der Waals surface area contributed by atoms with Gasteiger partial charge in [0.05, 0.1) is 11.2 Å². The Balaban J connectivity index is 1.39. The second-order valence-electron chi connectivity index (χ2n) is 6.84. The lowest BCUT2D eigenvalue weighted by atomic mass is 10.2. The molecule has 0 atom stereocenters. The number of oxazole rings is 1. The van der Waals surface area contributed by atoms with E-state index >= 15 is 0 Å². The SMILES string of the molecule is O=C(CCc1ncc(-c2ccccc2Cl)o1)N(Cc1ccccc1)C1CC1. The Morgan fingerprint density at radius 2 is 1.85 bits per heavy atom. The van der Waals surface area contributed by atoms with Crippen molar-refractivity contribution in [1.29, 1.82) is 0 Å². The van der Waals surface area contributed by atoms with Crippen molar-refractivity contribution in [3.05, 3.63) is 77.3 Å². The number of hydrogen-bond donors (Lipinski definition) is 0. The molecule has 1 amide bonds. The van der Waals surface area contributed by atoms with E-state index in [1.807, 2.05) is 47.4 Å². The van der Waals surface area contributed by atoms with Gasteiger partial charge in [0.1, 0.15) is 0 Å². The highest BCUT2D eigenvalue weighted by Gasteiger charge is 2.32. The van der Waals surface area contributed by atoms with Gasteiger partial charge < -0.3 is 9.32 Å². The molecule has 3 aromatic rings. The van der Waals surface area contributed by atoms with Gasteiger partial charge in [-0.25, -0.2) is 4.98 Å². The fourth-order valence-corrected chi connectivity index (χ4v) is 3.38. The molecule has 2 aromatic carbocycles. The number of carbonyl (C=O) groups is 1. The molecule has 0 N–H and O–H groups in total. The van der Waals surface area contributed by atoms with Crippen LogP contribution in [-0.4, -0.2) is 21.8 Å². The van der Waals surface area contributed by atoms with E-state index in [2.05, 4.69) is 17.1 Å². The number of hydrogen-bond acceptors (Lipinski definition) is 3. The number of amides is 1. The van der Waals surface area contributed by atoms with Crippen molar-refractivity contribution in [3.63, 3.8) is 0 Å². The van der Waals surface area contributed by atoms with Gasteiger partial charge >= 0.3 is 0 Å². The second-order valence-corrected chi connectivity index (χ2v) is 7.24. The Morgan fingerprint density at radius 1 is 1.11 bits per heavy atom. The van der Waals surface area contributed by atoms with Crippen LogP contribution in [0.4, 0.5) is 0 Å². The summed E-state index contributed by atoms with van der Waals surface area (Å²) in [5.74, 6) is 1.35. The van der Waals surface area contributed by atoms with Crippen LogP contribution in [0.2, 0.25) is 5.02 Å². The lowest BCUT2D eigenvalue weighted by Gasteiger charge is -2.22. The number of rotatable bonds is 7. The molecule has 1 heterocycles. The third kappa shape index (κ3) is 4.40. The molecule has 1 aromatic heterocycles. The van der Waals surface area contributed by atoms with Crippen LogP contribution in [0.25, 0.3) is 11.3 Å². The summed E-state index contributed by atoms with van der Waals surface area (Å²) >= 11 is 6.21. The molecule has 0 radical (unpaired) electrons. The first-order chi connectivity index (χ1) is 13.2. The van der Waals surface area contributed by atoms with E-state index in [1.165, 1.54) is 0 Å². The van der Waals surface area contributed by atoms with Crippen molar-refractivity contribution in [3.8, 4) is 11.3 Å². The molecule has 4 nitrogen and oxygen atoms in total. The Hall–Kier alpha value is -2.59. The maximum Gasteiger partial charge on any atom is 0.223 e. The van der Waals surface area contributed by atoms with Crippen LogP contribution >= 0.6 is 11.6 Å². The average molecular weight is 381 g/mol. The van der Waals surface area contributed by atoms with Crippen molar-refractivity contribution in [2.24, 2.45) is 0 Å². The van der Waals surface area contributed by atoms with Gasteiger partial charge in [0.15, 0.2) is 11.7 Å². The largest absolute Gasteiger partial charge is 0.441 e. The van der Waals surface area contributed by atoms with Gasteiger partial charge in [0, 0.05) is 31.0 Å². The highest BCUT2D eigenvalue weighted by atomic mass is 35.5. The van der Waals surface area contributed by atoms with Crippen molar-refractivity contribution in [2.75, 3.05) is 0 Å². The fourth-order valence-electron chi connectivity index (χ4n) is 3.16. The molecule has 4 rings (SSSR count). The smallest absolute Gasteiger partial charge is 0.223 e. The fraction of sp³-hybridized carbons (Fsp3) is 0.273. The first-order valence-corrected chi connectivity index (χ1v) is 9.61. The Labute approximate surface area is 163 Å². The van der Waals surface area contributed by atoms with Crippen LogP contribution in [0.3, 0.4) is 0 Å². The van der Waals surface area contributed by atoms with Crippen molar-refractivity contribution in [1.82, 2.24) is 9.88 Å². The van der Waals surface area contributed by atoms with Crippen LogP contribution in [0.1, 0.15) is 30.7 Å². The lowest BCUT2D eigenvalue weighted by molar-refractivity contribution is -0.132. The average Bonchev–Trinajstić information content (AvgIpc) is 3.43. The number of aryl methyl sites for hydroxylation is 1. The van der Waals surface area contributed by atoms with E-state index < -0.39 is 0 Å². The molecule has 0 bridgehead atoms. The molecule has 138 valence electrons.